The second-order valence-electron chi connectivity index (χ2n) is 4.16. The number of nitrogens with one attached hydrogen (secondary N) is 1. The van der Waals surface area contributed by atoms with Gasteiger partial charge in [0.25, 0.3) is 5.91 Å². The number of hydrogen-bond donors (Lipinski definition) is 2. The van der Waals surface area contributed by atoms with E-state index in [4.69, 9.17) is 5.73 Å². The summed E-state index contributed by atoms with van der Waals surface area (Å²) in [5.74, 6) is -0.406. The van der Waals surface area contributed by atoms with Gasteiger partial charge in [0.15, 0.2) is 9.84 Å². The highest BCUT2D eigenvalue weighted by molar-refractivity contribution is 7.91. The molecule has 19 heavy (non-hydrogen) atoms. The van der Waals surface area contributed by atoms with Gasteiger partial charge in [0.2, 0.25) is 0 Å². The average Bonchev–Trinajstić information content (AvgIpc) is 2.65. The van der Waals surface area contributed by atoms with Crippen LogP contribution in [0, 0.1) is 6.92 Å². The maximum Gasteiger partial charge on any atom is 0.271 e. The van der Waals surface area contributed by atoms with E-state index in [1.165, 1.54) is 4.68 Å². The number of rotatable bonds is 6. The first-order chi connectivity index (χ1) is 8.82. The van der Waals surface area contributed by atoms with Gasteiger partial charge in [0, 0.05) is 18.8 Å². The number of nitrogens with two attached hydrogens (primary N) is 1. The predicted molar refractivity (Wildman–Crippen MR) is 73.7 cm³/mol. The summed E-state index contributed by atoms with van der Waals surface area (Å²) >= 11 is 0. The molecule has 0 saturated carbocycles. The van der Waals surface area contributed by atoms with Gasteiger partial charge in [-0.3, -0.25) is 9.48 Å². The monoisotopic (exact) mass is 288 g/mol. The third-order valence-corrected chi connectivity index (χ3v) is 4.53. The Hall–Kier alpha value is -1.57. The van der Waals surface area contributed by atoms with Crippen molar-refractivity contribution in [1.82, 2.24) is 15.1 Å². The van der Waals surface area contributed by atoms with Crippen molar-refractivity contribution in [2.75, 3.05) is 23.8 Å². The fraction of sp³-hybridized carbons (Fsp3) is 0.636. The van der Waals surface area contributed by atoms with Crippen LogP contribution in [0.1, 0.15) is 30.0 Å². The smallest absolute Gasteiger partial charge is 0.271 e. The van der Waals surface area contributed by atoms with E-state index in [2.05, 4.69) is 10.4 Å². The number of hydrogen-bond acceptors (Lipinski definition) is 5. The van der Waals surface area contributed by atoms with Crippen molar-refractivity contribution in [2.24, 2.45) is 0 Å². The first-order valence-electron chi connectivity index (χ1n) is 6.13. The van der Waals surface area contributed by atoms with Crippen LogP contribution in [-0.2, 0) is 16.4 Å². The molecule has 1 heterocycles. The van der Waals surface area contributed by atoms with E-state index in [1.54, 1.807) is 13.8 Å². The second-order valence-corrected chi connectivity index (χ2v) is 6.63. The van der Waals surface area contributed by atoms with Crippen molar-refractivity contribution < 1.29 is 13.2 Å². The summed E-state index contributed by atoms with van der Waals surface area (Å²) < 4.78 is 24.1. The molecule has 1 amide bonds. The molecule has 0 radical (unpaired) electrons. The molecule has 1 aromatic rings. The zero-order valence-electron chi connectivity index (χ0n) is 11.4. The lowest BCUT2D eigenvalue weighted by Gasteiger charge is -2.07. The zero-order valence-corrected chi connectivity index (χ0v) is 12.2. The Balaban J connectivity index is 2.74. The summed E-state index contributed by atoms with van der Waals surface area (Å²) in [6, 6.07) is 0. The van der Waals surface area contributed by atoms with Gasteiger partial charge in [0.05, 0.1) is 17.1 Å². The van der Waals surface area contributed by atoms with E-state index < -0.39 is 15.7 Å². The molecule has 0 saturated heterocycles. The number of carbonyl (C=O) groups is 1. The summed E-state index contributed by atoms with van der Waals surface area (Å²) in [5, 5.41) is 6.69. The molecular weight excluding hydrogens is 268 g/mol. The third kappa shape index (κ3) is 3.69. The summed E-state index contributed by atoms with van der Waals surface area (Å²) in [5.41, 5.74) is 7.01. The molecular formula is C11H20N4O3S. The summed E-state index contributed by atoms with van der Waals surface area (Å²) in [6.45, 7) is 5.74. The van der Waals surface area contributed by atoms with Crippen LogP contribution in [0.5, 0.6) is 0 Å². The van der Waals surface area contributed by atoms with Crippen LogP contribution in [0.15, 0.2) is 0 Å². The molecule has 0 aliphatic rings. The van der Waals surface area contributed by atoms with Crippen LogP contribution in [0.25, 0.3) is 0 Å². The van der Waals surface area contributed by atoms with E-state index in [0.717, 1.165) is 0 Å². The SMILES string of the molecule is CCn1nc(C)c(N)c1C(=O)NCCS(=O)(=O)CC. The number of aromatic nitrogens is 2. The molecule has 7 nitrogen and oxygen atoms in total. The number of anilines is 1. The van der Waals surface area contributed by atoms with Gasteiger partial charge in [-0.25, -0.2) is 8.42 Å². The molecule has 3 N–H and O–H groups in total. The van der Waals surface area contributed by atoms with Crippen molar-refractivity contribution in [3.63, 3.8) is 0 Å². The molecule has 0 unspecified atom stereocenters. The van der Waals surface area contributed by atoms with Gasteiger partial charge in [-0.15, -0.1) is 0 Å². The fourth-order valence-electron chi connectivity index (χ4n) is 1.61. The molecule has 108 valence electrons. The first-order valence-corrected chi connectivity index (χ1v) is 7.96. The van der Waals surface area contributed by atoms with Gasteiger partial charge in [-0.1, -0.05) is 6.92 Å². The number of nitrogen functional groups attached to an aromatic ring is 1. The van der Waals surface area contributed by atoms with E-state index in [1.807, 2.05) is 6.92 Å². The van der Waals surface area contributed by atoms with Gasteiger partial charge >= 0.3 is 0 Å². The standard InChI is InChI=1S/C11H20N4O3S/c1-4-15-10(9(12)8(3)14-15)11(16)13-6-7-19(17,18)5-2/h4-7,12H2,1-3H3,(H,13,16). The molecule has 0 bridgehead atoms. The minimum Gasteiger partial charge on any atom is -0.395 e. The third-order valence-electron chi connectivity index (χ3n) is 2.83. The highest BCUT2D eigenvalue weighted by Crippen LogP contribution is 2.15. The normalized spacial score (nSPS) is 11.5. The van der Waals surface area contributed by atoms with E-state index in [9.17, 15) is 13.2 Å². The van der Waals surface area contributed by atoms with Crippen molar-refractivity contribution in [1.29, 1.82) is 0 Å². The maximum absolute atomic E-state index is 12.0. The Morgan fingerprint density at radius 1 is 1.42 bits per heavy atom. The van der Waals surface area contributed by atoms with Crippen LogP contribution >= 0.6 is 0 Å². The first kappa shape index (κ1) is 15.5. The maximum atomic E-state index is 12.0. The highest BCUT2D eigenvalue weighted by Gasteiger charge is 2.19. The molecule has 0 aliphatic carbocycles. The molecule has 0 aromatic carbocycles. The van der Waals surface area contributed by atoms with Crippen molar-refractivity contribution in [3.8, 4) is 0 Å². The Morgan fingerprint density at radius 3 is 2.58 bits per heavy atom. The van der Waals surface area contributed by atoms with Crippen molar-refractivity contribution >= 4 is 21.4 Å². The molecule has 0 fully saturated rings. The fourth-order valence-corrected chi connectivity index (χ4v) is 2.31. The largest absolute Gasteiger partial charge is 0.395 e. The number of nitrogens with zero attached hydrogens (tertiary/aromatic N) is 2. The Labute approximate surface area is 113 Å². The highest BCUT2D eigenvalue weighted by atomic mass is 32.2. The zero-order chi connectivity index (χ0) is 14.6. The van der Waals surface area contributed by atoms with Crippen LogP contribution in [-0.4, -0.2) is 42.2 Å². The van der Waals surface area contributed by atoms with Crippen LogP contribution < -0.4 is 11.1 Å². The molecule has 0 aliphatic heterocycles. The molecule has 0 atom stereocenters. The number of carbonyl (C=O) groups excluding carboxylic acids is 1. The quantitative estimate of drug-likeness (QED) is 0.763. The number of aryl methyl sites for hydroxylation is 2. The summed E-state index contributed by atoms with van der Waals surface area (Å²) in [6.07, 6.45) is 0. The Kier molecular flexibility index (Phi) is 4.93. The predicted octanol–water partition coefficient (Wildman–Crippen LogP) is -0.0419. The van der Waals surface area contributed by atoms with Crippen molar-refractivity contribution in [2.45, 2.75) is 27.3 Å². The van der Waals surface area contributed by atoms with Gasteiger partial charge in [0.1, 0.15) is 5.69 Å². The topological polar surface area (TPSA) is 107 Å². The van der Waals surface area contributed by atoms with Gasteiger partial charge < -0.3 is 11.1 Å². The lowest BCUT2D eigenvalue weighted by molar-refractivity contribution is 0.0946. The lowest BCUT2D eigenvalue weighted by atomic mass is 10.3. The Bertz CT molecular complexity index is 563. The van der Waals surface area contributed by atoms with Crippen molar-refractivity contribution in [3.05, 3.63) is 11.4 Å². The summed E-state index contributed by atoms with van der Waals surface area (Å²) in [7, 11) is -3.09. The van der Waals surface area contributed by atoms with Crippen LogP contribution in [0.3, 0.4) is 0 Å². The van der Waals surface area contributed by atoms with E-state index in [-0.39, 0.29) is 23.7 Å². The van der Waals surface area contributed by atoms with E-state index in [0.29, 0.717) is 17.9 Å². The Morgan fingerprint density at radius 2 is 2.05 bits per heavy atom. The van der Waals surface area contributed by atoms with Crippen LogP contribution in [0.2, 0.25) is 0 Å². The molecule has 1 aromatic heterocycles. The minimum absolute atomic E-state index is 0.0665. The molecule has 0 spiro atoms. The van der Waals surface area contributed by atoms with Gasteiger partial charge in [-0.05, 0) is 13.8 Å². The van der Waals surface area contributed by atoms with Crippen LogP contribution in [0.4, 0.5) is 5.69 Å². The number of amides is 1. The molecule has 8 heteroatoms. The number of sulfone groups is 1. The average molecular weight is 288 g/mol. The van der Waals surface area contributed by atoms with E-state index >= 15 is 0 Å². The second kappa shape index (κ2) is 6.05. The minimum atomic E-state index is -3.09. The lowest BCUT2D eigenvalue weighted by Crippen LogP contribution is -2.31. The summed E-state index contributed by atoms with van der Waals surface area (Å²) in [4.78, 5) is 12.0. The molecule has 1 rings (SSSR count). The van der Waals surface area contributed by atoms with Gasteiger partial charge in [-0.2, -0.15) is 5.10 Å².